The van der Waals surface area contributed by atoms with E-state index in [0.717, 1.165) is 4.57 Å². The molecule has 0 radical (unpaired) electrons. The molecule has 2 aromatic heterocycles. The highest BCUT2D eigenvalue weighted by Crippen LogP contribution is 2.22. The first-order valence-electron chi connectivity index (χ1n) is 7.13. The minimum Gasteiger partial charge on any atom is -0.355 e. The van der Waals surface area contributed by atoms with Crippen molar-refractivity contribution < 1.29 is 0 Å². The van der Waals surface area contributed by atoms with E-state index >= 15 is 0 Å². The zero-order valence-electron chi connectivity index (χ0n) is 13.3. The van der Waals surface area contributed by atoms with Gasteiger partial charge in [-0.3, -0.25) is 23.3 Å². The molecule has 124 valence electrons. The van der Waals surface area contributed by atoms with Crippen LogP contribution in [-0.4, -0.2) is 13.7 Å². The fraction of sp³-hybridized carbons (Fsp3) is 0.188. The van der Waals surface area contributed by atoms with E-state index in [1.165, 1.54) is 36.3 Å². The molecule has 0 aliphatic heterocycles. The van der Waals surface area contributed by atoms with Gasteiger partial charge >= 0.3 is 5.69 Å². The van der Waals surface area contributed by atoms with Gasteiger partial charge in [-0.25, -0.2) is 4.79 Å². The first-order valence-corrected chi connectivity index (χ1v) is 7.51. The minimum absolute atomic E-state index is 0.257. The second-order valence-corrected chi connectivity index (χ2v) is 5.93. The summed E-state index contributed by atoms with van der Waals surface area (Å²) in [6, 6.07) is 8.20. The molecule has 24 heavy (non-hydrogen) atoms. The molecule has 8 heteroatoms. The maximum absolute atomic E-state index is 12.6. The van der Waals surface area contributed by atoms with E-state index in [2.05, 4.69) is 5.32 Å². The number of halogens is 1. The monoisotopic (exact) mass is 346 g/mol. The Bertz CT molecular complexity index is 1120. The molecule has 0 saturated heterocycles. The lowest BCUT2D eigenvalue weighted by Crippen LogP contribution is -2.39. The van der Waals surface area contributed by atoms with Gasteiger partial charge in [0.15, 0.2) is 0 Å². The zero-order valence-corrected chi connectivity index (χ0v) is 14.1. The van der Waals surface area contributed by atoms with Crippen LogP contribution in [0.25, 0.3) is 11.0 Å². The first-order chi connectivity index (χ1) is 11.3. The highest BCUT2D eigenvalue weighted by atomic mass is 35.5. The molecule has 0 aliphatic rings. The SMILES string of the molecule is Cn1c(=O)c2c(Nc3ccc(Cl)cc3)cc(=O)n(C)c2n(C)c1=O. The summed E-state index contributed by atoms with van der Waals surface area (Å²) in [5.74, 6) is 0. The summed E-state index contributed by atoms with van der Waals surface area (Å²) in [6.07, 6.45) is 0. The lowest BCUT2D eigenvalue weighted by atomic mass is 10.2. The normalized spacial score (nSPS) is 11.0. The summed E-state index contributed by atoms with van der Waals surface area (Å²) >= 11 is 5.87. The first kappa shape index (κ1) is 16.1. The van der Waals surface area contributed by atoms with Crippen LogP contribution in [0, 0.1) is 0 Å². The van der Waals surface area contributed by atoms with Crippen molar-refractivity contribution in [1.82, 2.24) is 13.7 Å². The Morgan fingerprint density at radius 2 is 1.54 bits per heavy atom. The van der Waals surface area contributed by atoms with Crippen LogP contribution in [-0.2, 0) is 21.1 Å². The maximum Gasteiger partial charge on any atom is 0.332 e. The van der Waals surface area contributed by atoms with Crippen molar-refractivity contribution >= 4 is 34.0 Å². The van der Waals surface area contributed by atoms with E-state index in [1.54, 1.807) is 24.3 Å². The summed E-state index contributed by atoms with van der Waals surface area (Å²) in [5, 5.41) is 3.89. The molecule has 0 aliphatic carbocycles. The summed E-state index contributed by atoms with van der Waals surface area (Å²) in [6.45, 7) is 0. The number of nitrogens with zero attached hydrogens (tertiary/aromatic N) is 3. The van der Waals surface area contributed by atoms with Crippen LogP contribution in [0.3, 0.4) is 0 Å². The van der Waals surface area contributed by atoms with Crippen molar-refractivity contribution in [1.29, 1.82) is 0 Å². The number of hydrogen-bond acceptors (Lipinski definition) is 4. The van der Waals surface area contributed by atoms with E-state index in [4.69, 9.17) is 11.6 Å². The third kappa shape index (κ3) is 2.43. The third-order valence-electron chi connectivity index (χ3n) is 3.94. The number of fused-ring (bicyclic) bond motifs is 1. The summed E-state index contributed by atoms with van der Waals surface area (Å²) in [5.41, 5.74) is -0.0305. The topological polar surface area (TPSA) is 78.0 Å². The number of nitrogens with one attached hydrogen (secondary N) is 1. The fourth-order valence-electron chi connectivity index (χ4n) is 2.65. The van der Waals surface area contributed by atoms with Crippen molar-refractivity contribution in [3.63, 3.8) is 0 Å². The highest BCUT2D eigenvalue weighted by molar-refractivity contribution is 6.30. The van der Waals surface area contributed by atoms with Gasteiger partial charge in [-0.05, 0) is 24.3 Å². The Morgan fingerprint density at radius 3 is 2.17 bits per heavy atom. The molecule has 1 N–H and O–H groups in total. The van der Waals surface area contributed by atoms with E-state index in [1.807, 2.05) is 0 Å². The van der Waals surface area contributed by atoms with Crippen LogP contribution in [0.15, 0.2) is 44.7 Å². The van der Waals surface area contributed by atoms with Gasteiger partial charge in [0.1, 0.15) is 11.0 Å². The van der Waals surface area contributed by atoms with Crippen LogP contribution in [0.1, 0.15) is 0 Å². The van der Waals surface area contributed by atoms with Crippen LogP contribution < -0.4 is 22.1 Å². The Hall–Kier alpha value is -2.80. The average Bonchev–Trinajstić information content (AvgIpc) is 2.56. The molecule has 0 spiro atoms. The molecule has 0 amide bonds. The predicted octanol–water partition coefficient (Wildman–Crippen LogP) is 1.33. The molecule has 1 aromatic carbocycles. The van der Waals surface area contributed by atoms with Crippen molar-refractivity contribution in [3.8, 4) is 0 Å². The van der Waals surface area contributed by atoms with Crippen LogP contribution >= 0.6 is 11.6 Å². The molecule has 0 fully saturated rings. The molecule has 3 aromatic rings. The zero-order chi connectivity index (χ0) is 17.6. The van der Waals surface area contributed by atoms with Crippen molar-refractivity contribution in [2.24, 2.45) is 21.1 Å². The Labute approximate surface area is 141 Å². The lowest BCUT2D eigenvalue weighted by molar-refractivity contribution is 0.689. The average molecular weight is 347 g/mol. The van der Waals surface area contributed by atoms with Gasteiger partial charge < -0.3 is 5.32 Å². The van der Waals surface area contributed by atoms with E-state index in [0.29, 0.717) is 16.4 Å². The largest absolute Gasteiger partial charge is 0.355 e. The Kier molecular flexibility index (Phi) is 3.81. The highest BCUT2D eigenvalue weighted by Gasteiger charge is 2.16. The molecule has 3 rings (SSSR count). The summed E-state index contributed by atoms with van der Waals surface area (Å²) in [4.78, 5) is 37.0. The number of anilines is 2. The minimum atomic E-state index is -0.494. The van der Waals surface area contributed by atoms with Crippen LogP contribution in [0.2, 0.25) is 5.02 Å². The van der Waals surface area contributed by atoms with Crippen LogP contribution in [0.5, 0.6) is 0 Å². The van der Waals surface area contributed by atoms with Gasteiger partial charge in [0, 0.05) is 37.9 Å². The second-order valence-electron chi connectivity index (χ2n) is 5.49. The summed E-state index contributed by atoms with van der Waals surface area (Å²) < 4.78 is 3.58. The quantitative estimate of drug-likeness (QED) is 0.759. The predicted molar refractivity (Wildman–Crippen MR) is 94.4 cm³/mol. The molecule has 0 atom stereocenters. The molecule has 2 heterocycles. The van der Waals surface area contributed by atoms with Gasteiger partial charge in [-0.15, -0.1) is 0 Å². The van der Waals surface area contributed by atoms with E-state index in [9.17, 15) is 14.4 Å². The second kappa shape index (κ2) is 5.68. The Balaban J connectivity index is 2.39. The van der Waals surface area contributed by atoms with E-state index < -0.39 is 11.2 Å². The van der Waals surface area contributed by atoms with Gasteiger partial charge in [-0.2, -0.15) is 0 Å². The number of benzene rings is 1. The number of aryl methyl sites for hydroxylation is 2. The van der Waals surface area contributed by atoms with E-state index in [-0.39, 0.29) is 16.6 Å². The molecular formula is C16H15ClN4O3. The van der Waals surface area contributed by atoms with Gasteiger partial charge in [-0.1, -0.05) is 11.6 Å². The van der Waals surface area contributed by atoms with Crippen molar-refractivity contribution in [3.05, 3.63) is 66.5 Å². The van der Waals surface area contributed by atoms with Gasteiger partial charge in [0.2, 0.25) is 0 Å². The molecule has 0 unspecified atom stereocenters. The molecule has 0 bridgehead atoms. The number of rotatable bonds is 2. The smallest absolute Gasteiger partial charge is 0.332 e. The fourth-order valence-corrected chi connectivity index (χ4v) is 2.77. The third-order valence-corrected chi connectivity index (χ3v) is 4.19. The van der Waals surface area contributed by atoms with Crippen molar-refractivity contribution in [2.45, 2.75) is 0 Å². The Morgan fingerprint density at radius 1 is 0.917 bits per heavy atom. The summed E-state index contributed by atoms with van der Waals surface area (Å²) in [7, 11) is 4.45. The lowest BCUT2D eigenvalue weighted by Gasteiger charge is -2.15. The van der Waals surface area contributed by atoms with Gasteiger partial charge in [0.05, 0.1) is 5.69 Å². The van der Waals surface area contributed by atoms with Crippen molar-refractivity contribution in [2.75, 3.05) is 5.32 Å². The van der Waals surface area contributed by atoms with Crippen LogP contribution in [0.4, 0.5) is 11.4 Å². The maximum atomic E-state index is 12.6. The number of pyridine rings is 1. The molecule has 7 nitrogen and oxygen atoms in total. The van der Waals surface area contributed by atoms with Gasteiger partial charge in [0.25, 0.3) is 11.1 Å². The number of aromatic nitrogens is 3. The number of hydrogen-bond donors (Lipinski definition) is 1. The molecule has 0 saturated carbocycles. The molecular weight excluding hydrogens is 332 g/mol. The standard InChI is InChI=1S/C16H15ClN4O3/c1-19-12(22)8-11(18-10-6-4-9(17)5-7-10)13-14(19)20(2)16(24)21(3)15(13)23/h4-8,18H,1-3H3.